The van der Waals surface area contributed by atoms with E-state index in [-0.39, 0.29) is 5.78 Å². The van der Waals surface area contributed by atoms with E-state index in [1.807, 2.05) is 50.2 Å². The van der Waals surface area contributed by atoms with Crippen LogP contribution in [0.4, 0.5) is 5.69 Å². The van der Waals surface area contributed by atoms with E-state index in [4.69, 9.17) is 5.73 Å². The number of ketones is 1. The molecule has 0 unspecified atom stereocenters. The highest BCUT2D eigenvalue weighted by Crippen LogP contribution is 2.33. The summed E-state index contributed by atoms with van der Waals surface area (Å²) in [5.74, 6) is -0.129. The summed E-state index contributed by atoms with van der Waals surface area (Å²) in [6.45, 7) is 7.45. The minimum Gasteiger partial charge on any atom is -0.398 e. The van der Waals surface area contributed by atoms with E-state index >= 15 is 0 Å². The lowest BCUT2D eigenvalue weighted by molar-refractivity contribution is 0.104. The van der Waals surface area contributed by atoms with Crippen molar-refractivity contribution in [1.82, 2.24) is 0 Å². The fourth-order valence-electron chi connectivity index (χ4n) is 2.21. The third-order valence-corrected chi connectivity index (χ3v) is 3.40. The predicted molar refractivity (Wildman–Crippen MR) is 80.3 cm³/mol. The van der Waals surface area contributed by atoms with E-state index in [2.05, 4.69) is 6.58 Å². The number of nitrogen functional groups attached to an aromatic ring is 1. The van der Waals surface area contributed by atoms with Gasteiger partial charge in [-0.25, -0.2) is 0 Å². The number of allylic oxidation sites excluding steroid dienone is 1. The van der Waals surface area contributed by atoms with Gasteiger partial charge in [-0.2, -0.15) is 0 Å². The molecule has 0 aromatic heterocycles. The fraction of sp³-hybridized carbons (Fsp3) is 0.118. The van der Waals surface area contributed by atoms with Crippen LogP contribution in [0.2, 0.25) is 0 Å². The van der Waals surface area contributed by atoms with E-state index in [1.54, 1.807) is 0 Å². The number of carbonyl (C=O) groups is 1. The van der Waals surface area contributed by atoms with Crippen molar-refractivity contribution in [1.29, 1.82) is 0 Å². The lowest BCUT2D eigenvalue weighted by Crippen LogP contribution is -2.07. The molecule has 0 aliphatic heterocycles. The van der Waals surface area contributed by atoms with E-state index in [0.717, 1.165) is 22.3 Å². The number of hydrogen-bond acceptors (Lipinski definition) is 2. The Morgan fingerprint density at radius 1 is 1.21 bits per heavy atom. The highest BCUT2D eigenvalue weighted by atomic mass is 16.1. The molecule has 0 radical (unpaired) electrons. The van der Waals surface area contributed by atoms with Crippen LogP contribution in [-0.4, -0.2) is 5.78 Å². The third kappa shape index (κ3) is 2.29. The van der Waals surface area contributed by atoms with Crippen molar-refractivity contribution in [2.45, 2.75) is 13.8 Å². The van der Waals surface area contributed by atoms with Gasteiger partial charge in [0.15, 0.2) is 5.78 Å². The fourth-order valence-corrected chi connectivity index (χ4v) is 2.21. The Kier molecular flexibility index (Phi) is 3.52. The number of rotatable bonds is 3. The van der Waals surface area contributed by atoms with Crippen LogP contribution in [0.15, 0.2) is 49.1 Å². The van der Waals surface area contributed by atoms with Crippen molar-refractivity contribution in [2.24, 2.45) is 0 Å². The molecule has 19 heavy (non-hydrogen) atoms. The molecule has 2 rings (SSSR count). The smallest absolute Gasteiger partial charge is 0.187 e. The Hall–Kier alpha value is -2.35. The Morgan fingerprint density at radius 3 is 2.42 bits per heavy atom. The number of nitrogens with two attached hydrogens (primary N) is 1. The number of hydrogen-bond donors (Lipinski definition) is 1. The van der Waals surface area contributed by atoms with Crippen molar-refractivity contribution in [3.8, 4) is 11.1 Å². The van der Waals surface area contributed by atoms with Gasteiger partial charge in [0.05, 0.1) is 5.69 Å². The standard InChI is InChI=1S/C17H17NO/c1-4-15(19)16-12(3)11(2)10-14(17(16)18)13-8-6-5-7-9-13/h4-10H,1,18H2,2-3H3. The van der Waals surface area contributed by atoms with Gasteiger partial charge in [-0.1, -0.05) is 36.9 Å². The Bertz CT molecular complexity index is 642. The molecule has 2 N–H and O–H groups in total. The number of carbonyl (C=O) groups excluding carboxylic acids is 1. The van der Waals surface area contributed by atoms with E-state index in [1.165, 1.54) is 6.08 Å². The van der Waals surface area contributed by atoms with Crippen LogP contribution >= 0.6 is 0 Å². The molecule has 0 saturated heterocycles. The first kappa shape index (κ1) is 13.1. The second-order valence-corrected chi connectivity index (χ2v) is 4.59. The minimum absolute atomic E-state index is 0.129. The second kappa shape index (κ2) is 5.11. The second-order valence-electron chi connectivity index (χ2n) is 4.59. The highest BCUT2D eigenvalue weighted by Gasteiger charge is 2.16. The molecule has 2 heteroatoms. The van der Waals surface area contributed by atoms with Gasteiger partial charge in [-0.15, -0.1) is 0 Å². The molecule has 0 aliphatic carbocycles. The molecule has 2 aromatic carbocycles. The highest BCUT2D eigenvalue weighted by molar-refractivity contribution is 6.11. The molecule has 0 aliphatic rings. The lowest BCUT2D eigenvalue weighted by atomic mass is 9.91. The summed E-state index contributed by atoms with van der Waals surface area (Å²) >= 11 is 0. The predicted octanol–water partition coefficient (Wildman–Crippen LogP) is 3.92. The first-order valence-electron chi connectivity index (χ1n) is 6.18. The molecule has 96 valence electrons. The van der Waals surface area contributed by atoms with E-state index < -0.39 is 0 Å². The SMILES string of the molecule is C=CC(=O)c1c(C)c(C)cc(-c2ccccc2)c1N. The maximum absolute atomic E-state index is 12.0. The van der Waals surface area contributed by atoms with Crippen LogP contribution in [0.25, 0.3) is 11.1 Å². The van der Waals surface area contributed by atoms with E-state index in [9.17, 15) is 4.79 Å². The van der Waals surface area contributed by atoms with E-state index in [0.29, 0.717) is 11.3 Å². The summed E-state index contributed by atoms with van der Waals surface area (Å²) < 4.78 is 0. The molecule has 0 heterocycles. The molecular weight excluding hydrogens is 234 g/mol. The maximum Gasteiger partial charge on any atom is 0.187 e. The topological polar surface area (TPSA) is 43.1 Å². The first-order chi connectivity index (χ1) is 9.06. The number of benzene rings is 2. The summed E-state index contributed by atoms with van der Waals surface area (Å²) in [5.41, 5.74) is 11.2. The third-order valence-electron chi connectivity index (χ3n) is 3.40. The quantitative estimate of drug-likeness (QED) is 0.510. The normalized spacial score (nSPS) is 10.2. The van der Waals surface area contributed by atoms with Crippen molar-refractivity contribution < 1.29 is 4.79 Å². The number of aryl methyl sites for hydroxylation is 1. The Morgan fingerprint density at radius 2 is 1.84 bits per heavy atom. The molecule has 2 nitrogen and oxygen atoms in total. The summed E-state index contributed by atoms with van der Waals surface area (Å²) in [6, 6.07) is 11.9. The zero-order chi connectivity index (χ0) is 14.0. The molecule has 0 fully saturated rings. The summed E-state index contributed by atoms with van der Waals surface area (Å²) in [7, 11) is 0. The minimum atomic E-state index is -0.129. The molecule has 0 saturated carbocycles. The van der Waals surface area contributed by atoms with Gasteiger partial charge in [-0.3, -0.25) is 4.79 Å². The van der Waals surface area contributed by atoms with Crippen LogP contribution in [0.5, 0.6) is 0 Å². The summed E-state index contributed by atoms with van der Waals surface area (Å²) in [5, 5.41) is 0. The zero-order valence-corrected chi connectivity index (χ0v) is 11.2. The molecule has 0 spiro atoms. The molecule has 0 amide bonds. The van der Waals surface area contributed by atoms with Crippen LogP contribution in [0.3, 0.4) is 0 Å². The summed E-state index contributed by atoms with van der Waals surface area (Å²) in [4.78, 5) is 12.0. The first-order valence-corrected chi connectivity index (χ1v) is 6.18. The maximum atomic E-state index is 12.0. The van der Waals surface area contributed by atoms with Crippen molar-refractivity contribution in [2.75, 3.05) is 5.73 Å². The van der Waals surface area contributed by atoms with Gasteiger partial charge >= 0.3 is 0 Å². The van der Waals surface area contributed by atoms with Crippen molar-refractivity contribution in [3.05, 3.63) is 65.7 Å². The van der Waals surface area contributed by atoms with Gasteiger partial charge < -0.3 is 5.73 Å². The average Bonchev–Trinajstić information content (AvgIpc) is 2.43. The Balaban J connectivity index is 2.75. The van der Waals surface area contributed by atoms with Crippen LogP contribution in [0, 0.1) is 13.8 Å². The lowest BCUT2D eigenvalue weighted by Gasteiger charge is -2.15. The van der Waals surface area contributed by atoms with Crippen molar-refractivity contribution >= 4 is 11.5 Å². The largest absolute Gasteiger partial charge is 0.398 e. The molecule has 2 aromatic rings. The monoisotopic (exact) mass is 251 g/mol. The van der Waals surface area contributed by atoms with Crippen LogP contribution in [0.1, 0.15) is 21.5 Å². The molecular formula is C17H17NO. The summed E-state index contributed by atoms with van der Waals surface area (Å²) in [6.07, 6.45) is 1.31. The van der Waals surface area contributed by atoms with Gasteiger partial charge in [0.25, 0.3) is 0 Å². The van der Waals surface area contributed by atoms with Gasteiger partial charge in [0.1, 0.15) is 0 Å². The van der Waals surface area contributed by atoms with Gasteiger partial charge in [0, 0.05) is 11.1 Å². The van der Waals surface area contributed by atoms with Gasteiger partial charge in [0.2, 0.25) is 0 Å². The zero-order valence-electron chi connectivity index (χ0n) is 11.2. The molecule has 0 atom stereocenters. The Labute approximate surface area is 113 Å². The average molecular weight is 251 g/mol. The number of anilines is 1. The van der Waals surface area contributed by atoms with Gasteiger partial charge in [-0.05, 0) is 42.7 Å². The van der Waals surface area contributed by atoms with Crippen molar-refractivity contribution in [3.63, 3.8) is 0 Å². The molecule has 0 bridgehead atoms. The van der Waals surface area contributed by atoms with Crippen LogP contribution in [-0.2, 0) is 0 Å². The van der Waals surface area contributed by atoms with Crippen LogP contribution < -0.4 is 5.73 Å².